The number of thiophene rings is 1. The van der Waals surface area contributed by atoms with Gasteiger partial charge < -0.3 is 20.4 Å². The molecule has 0 spiro atoms. The van der Waals surface area contributed by atoms with Crippen LogP contribution in [-0.4, -0.2) is 57.2 Å². The van der Waals surface area contributed by atoms with Gasteiger partial charge in [-0.2, -0.15) is 5.26 Å². The second-order valence-corrected chi connectivity index (χ2v) is 8.59. The second kappa shape index (κ2) is 9.38. The largest absolute Gasteiger partial charge is 0.414 e. The number of nitriles is 1. The number of hydrogen-bond acceptors (Lipinski definition) is 10. The highest BCUT2D eigenvalue weighted by molar-refractivity contribution is 7.13. The van der Waals surface area contributed by atoms with Crippen molar-refractivity contribution in [1.82, 2.24) is 30.4 Å². The Bertz CT molecular complexity index is 1380. The standard InChI is InChI=1S/C23H20N8O2S.3H2/c24-12-15-11-14(23(32)31-8-2-6-26-7-9-31)4-5-16(15)17-13-27-20(25)19(28-17)22-30-29-21(33-22)18-3-1-10-34-18;;;/h1,3-5,10-11,13,26H,2,6-9H2,(H2,25,27);3*1H. The molecule has 0 aliphatic carbocycles. The van der Waals surface area contributed by atoms with Crippen molar-refractivity contribution < 1.29 is 13.5 Å². The summed E-state index contributed by atoms with van der Waals surface area (Å²) in [5, 5.41) is 23.1. The van der Waals surface area contributed by atoms with Crippen molar-refractivity contribution in [2.24, 2.45) is 0 Å². The fourth-order valence-electron chi connectivity index (χ4n) is 3.73. The number of carbonyl (C=O) groups is 1. The smallest absolute Gasteiger partial charge is 0.270 e. The van der Waals surface area contributed by atoms with Crippen LogP contribution in [0.15, 0.2) is 46.3 Å². The summed E-state index contributed by atoms with van der Waals surface area (Å²) in [6.45, 7) is 2.95. The first-order chi connectivity index (χ1) is 16.6. The average molecular weight is 479 g/mol. The SMILES string of the molecule is N#Cc1cc(C(=O)N2CCCNCC2)ccc1-c1cnc(N)c(-c2nnc(-c3cccs3)o2)n1.[HH].[HH].[HH]. The number of aromatic nitrogens is 4. The topological polar surface area (TPSA) is 147 Å². The number of hydrogen-bond donors (Lipinski definition) is 2. The van der Waals surface area contributed by atoms with Crippen molar-refractivity contribution in [3.05, 3.63) is 53.0 Å². The van der Waals surface area contributed by atoms with Crippen molar-refractivity contribution >= 4 is 23.1 Å². The zero-order valence-electron chi connectivity index (χ0n) is 18.1. The molecule has 0 radical (unpaired) electrons. The zero-order valence-corrected chi connectivity index (χ0v) is 18.9. The summed E-state index contributed by atoms with van der Waals surface area (Å²) >= 11 is 1.47. The third-order valence-electron chi connectivity index (χ3n) is 5.45. The predicted molar refractivity (Wildman–Crippen MR) is 133 cm³/mol. The summed E-state index contributed by atoms with van der Waals surface area (Å²) in [7, 11) is 0. The minimum absolute atomic E-state index is 0. The maximum atomic E-state index is 13.0. The Morgan fingerprint density at radius 3 is 2.94 bits per heavy atom. The number of anilines is 1. The highest BCUT2D eigenvalue weighted by atomic mass is 32.1. The molecule has 5 rings (SSSR count). The summed E-state index contributed by atoms with van der Waals surface area (Å²) < 4.78 is 5.76. The van der Waals surface area contributed by atoms with E-state index in [1.54, 1.807) is 23.1 Å². The molecule has 0 unspecified atom stereocenters. The van der Waals surface area contributed by atoms with Gasteiger partial charge in [0.05, 0.1) is 28.4 Å². The molecule has 34 heavy (non-hydrogen) atoms. The van der Waals surface area contributed by atoms with Crippen LogP contribution in [0, 0.1) is 11.3 Å². The molecule has 0 atom stereocenters. The van der Waals surface area contributed by atoms with Crippen molar-refractivity contribution in [3.8, 4) is 39.7 Å². The molecule has 4 aromatic rings. The number of nitrogens with two attached hydrogens (primary N) is 1. The van der Waals surface area contributed by atoms with E-state index in [9.17, 15) is 10.1 Å². The molecule has 1 aliphatic heterocycles. The maximum Gasteiger partial charge on any atom is 0.270 e. The van der Waals surface area contributed by atoms with Gasteiger partial charge in [0.15, 0.2) is 11.5 Å². The summed E-state index contributed by atoms with van der Waals surface area (Å²) in [6, 6.07) is 10.9. The number of nitrogens with zero attached hydrogens (tertiary/aromatic N) is 6. The van der Waals surface area contributed by atoms with E-state index in [4.69, 9.17) is 10.2 Å². The van der Waals surface area contributed by atoms with Gasteiger partial charge in [0.2, 0.25) is 0 Å². The molecular weight excluding hydrogens is 452 g/mol. The first kappa shape index (κ1) is 21.7. The summed E-state index contributed by atoms with van der Waals surface area (Å²) in [5.41, 5.74) is 7.99. The van der Waals surface area contributed by atoms with Gasteiger partial charge in [-0.1, -0.05) is 12.1 Å². The average Bonchev–Trinajstić information content (AvgIpc) is 3.50. The molecule has 3 aromatic heterocycles. The van der Waals surface area contributed by atoms with Crippen LogP contribution in [0.4, 0.5) is 5.82 Å². The van der Waals surface area contributed by atoms with E-state index in [0.29, 0.717) is 41.4 Å². The Hall–Kier alpha value is -4.14. The Labute approximate surface area is 203 Å². The monoisotopic (exact) mass is 478 g/mol. The predicted octanol–water partition coefficient (Wildman–Crippen LogP) is 3.55. The van der Waals surface area contributed by atoms with Gasteiger partial charge in [0.25, 0.3) is 17.7 Å². The number of amides is 1. The van der Waals surface area contributed by atoms with Gasteiger partial charge in [-0.3, -0.25) is 4.79 Å². The molecule has 176 valence electrons. The normalized spacial score (nSPS) is 13.9. The number of benzene rings is 1. The van der Waals surface area contributed by atoms with Crippen molar-refractivity contribution in [2.45, 2.75) is 6.42 Å². The fraction of sp³-hybridized carbons (Fsp3) is 0.217. The molecular formula is C23H26N8O2S. The number of nitrogens with one attached hydrogen (secondary N) is 1. The Kier molecular flexibility index (Phi) is 5.99. The molecule has 0 saturated carbocycles. The minimum atomic E-state index is -0.0946. The zero-order chi connectivity index (χ0) is 23.5. The lowest BCUT2D eigenvalue weighted by Crippen LogP contribution is -2.34. The maximum absolute atomic E-state index is 13.0. The van der Waals surface area contributed by atoms with Crippen LogP contribution in [-0.2, 0) is 0 Å². The second-order valence-electron chi connectivity index (χ2n) is 7.65. The van der Waals surface area contributed by atoms with Crippen molar-refractivity contribution in [2.75, 3.05) is 31.9 Å². The Morgan fingerprint density at radius 2 is 2.12 bits per heavy atom. The van der Waals surface area contributed by atoms with Crippen LogP contribution in [0.25, 0.3) is 33.6 Å². The summed E-state index contributed by atoms with van der Waals surface area (Å²) in [6.07, 6.45) is 2.37. The van der Waals surface area contributed by atoms with Crippen LogP contribution < -0.4 is 11.1 Å². The lowest BCUT2D eigenvalue weighted by atomic mass is 10.0. The molecule has 11 heteroatoms. The first-order valence-electron chi connectivity index (χ1n) is 10.7. The third-order valence-corrected chi connectivity index (χ3v) is 6.31. The molecule has 1 amide bonds. The van der Waals surface area contributed by atoms with Crippen molar-refractivity contribution in [3.63, 3.8) is 0 Å². The van der Waals surface area contributed by atoms with Gasteiger partial charge in [-0.05, 0) is 36.5 Å². The Balaban J connectivity index is 0.00000160. The number of carbonyl (C=O) groups excluding carboxylic acids is 1. The summed E-state index contributed by atoms with van der Waals surface area (Å²) in [5.74, 6) is 0.532. The lowest BCUT2D eigenvalue weighted by Gasteiger charge is -2.20. The number of nitrogen functional groups attached to an aromatic ring is 1. The van der Waals surface area contributed by atoms with Crippen LogP contribution in [0.2, 0.25) is 0 Å². The first-order valence-corrected chi connectivity index (χ1v) is 11.6. The highest BCUT2D eigenvalue weighted by Gasteiger charge is 2.21. The fourth-order valence-corrected chi connectivity index (χ4v) is 4.37. The molecule has 10 nitrogen and oxygen atoms in total. The molecule has 1 aliphatic rings. The highest BCUT2D eigenvalue weighted by Crippen LogP contribution is 2.30. The van der Waals surface area contributed by atoms with Gasteiger partial charge >= 0.3 is 0 Å². The van der Waals surface area contributed by atoms with Gasteiger partial charge in [-0.25, -0.2) is 9.97 Å². The van der Waals surface area contributed by atoms with E-state index in [1.807, 2.05) is 17.5 Å². The van der Waals surface area contributed by atoms with E-state index in [0.717, 1.165) is 24.4 Å². The van der Waals surface area contributed by atoms with Crippen LogP contribution in [0.5, 0.6) is 0 Å². The Morgan fingerprint density at radius 1 is 1.24 bits per heavy atom. The summed E-state index contributed by atoms with van der Waals surface area (Å²) in [4.78, 5) is 24.4. The van der Waals surface area contributed by atoms with Gasteiger partial charge in [0, 0.05) is 35.0 Å². The number of rotatable bonds is 4. The molecule has 0 bridgehead atoms. The van der Waals surface area contributed by atoms with Crippen LogP contribution >= 0.6 is 11.3 Å². The van der Waals surface area contributed by atoms with E-state index < -0.39 is 0 Å². The quantitative estimate of drug-likeness (QED) is 0.449. The van der Waals surface area contributed by atoms with Crippen LogP contribution in [0.3, 0.4) is 0 Å². The van der Waals surface area contributed by atoms with Crippen LogP contribution in [0.1, 0.15) is 26.6 Å². The van der Waals surface area contributed by atoms with Crippen molar-refractivity contribution in [1.29, 1.82) is 5.26 Å². The molecule has 4 heterocycles. The minimum Gasteiger partial charge on any atom is -0.414 e. The van der Waals surface area contributed by atoms with E-state index >= 15 is 0 Å². The van der Waals surface area contributed by atoms with Gasteiger partial charge in [0.1, 0.15) is 0 Å². The molecule has 1 saturated heterocycles. The van der Waals surface area contributed by atoms with E-state index in [2.05, 4.69) is 31.6 Å². The molecule has 3 N–H and O–H groups in total. The van der Waals surface area contributed by atoms with E-state index in [1.165, 1.54) is 17.5 Å². The lowest BCUT2D eigenvalue weighted by molar-refractivity contribution is 0.0766. The third kappa shape index (κ3) is 4.24. The molecule has 1 fully saturated rings. The molecule has 1 aromatic carbocycles. The van der Waals surface area contributed by atoms with E-state index in [-0.39, 0.29) is 27.6 Å². The van der Waals surface area contributed by atoms with Gasteiger partial charge in [-0.15, -0.1) is 21.5 Å².